The Kier molecular flexibility index (Phi) is 4.61. The van der Waals surface area contributed by atoms with Crippen LogP contribution < -0.4 is 4.74 Å². The molecule has 1 aromatic carbocycles. The standard InChI is InChI=1S/C12H16BrO2/c1-8(2)15-12-5-4-10(13)6-11(12)9(3)7-14/h4-6,8-9,14H,3,7H2,1-2H3. The van der Waals surface area contributed by atoms with Gasteiger partial charge in [-0.05, 0) is 39.0 Å². The van der Waals surface area contributed by atoms with Crippen LogP contribution in [0.25, 0.3) is 0 Å². The molecule has 0 saturated carbocycles. The largest absolute Gasteiger partial charge is 0.491 e. The van der Waals surface area contributed by atoms with Crippen molar-refractivity contribution in [3.8, 4) is 5.75 Å². The summed E-state index contributed by atoms with van der Waals surface area (Å²) in [6.45, 7) is 7.85. The summed E-state index contributed by atoms with van der Waals surface area (Å²) in [6, 6.07) is 5.75. The Morgan fingerprint density at radius 1 is 1.47 bits per heavy atom. The van der Waals surface area contributed by atoms with Crippen LogP contribution in [0.15, 0.2) is 22.7 Å². The van der Waals surface area contributed by atoms with Gasteiger partial charge < -0.3 is 9.84 Å². The van der Waals surface area contributed by atoms with Gasteiger partial charge in [-0.1, -0.05) is 15.9 Å². The Labute approximate surface area is 99.4 Å². The molecule has 1 atom stereocenters. The minimum atomic E-state index is -0.156. The number of rotatable bonds is 4. The van der Waals surface area contributed by atoms with Crippen molar-refractivity contribution in [2.24, 2.45) is 0 Å². The van der Waals surface area contributed by atoms with Crippen LogP contribution in [0.3, 0.4) is 0 Å². The zero-order valence-electron chi connectivity index (χ0n) is 9.03. The van der Waals surface area contributed by atoms with Crippen molar-refractivity contribution in [1.29, 1.82) is 0 Å². The van der Waals surface area contributed by atoms with E-state index in [1.54, 1.807) is 0 Å². The number of benzene rings is 1. The molecule has 1 aromatic rings. The Morgan fingerprint density at radius 2 is 2.13 bits per heavy atom. The van der Waals surface area contributed by atoms with E-state index >= 15 is 0 Å². The maximum Gasteiger partial charge on any atom is 0.123 e. The number of aliphatic hydroxyl groups excluding tert-OH is 1. The molecule has 0 amide bonds. The zero-order chi connectivity index (χ0) is 11.4. The lowest BCUT2D eigenvalue weighted by Crippen LogP contribution is -2.10. The summed E-state index contributed by atoms with van der Waals surface area (Å²) in [5, 5.41) is 9.10. The summed E-state index contributed by atoms with van der Waals surface area (Å²) in [4.78, 5) is 0. The summed E-state index contributed by atoms with van der Waals surface area (Å²) in [6.07, 6.45) is 0.121. The van der Waals surface area contributed by atoms with Crippen molar-refractivity contribution in [2.45, 2.75) is 25.9 Å². The molecule has 0 spiro atoms. The van der Waals surface area contributed by atoms with Crippen molar-refractivity contribution < 1.29 is 9.84 Å². The second-order valence-corrected chi connectivity index (χ2v) is 4.64. The third-order valence-electron chi connectivity index (χ3n) is 1.99. The van der Waals surface area contributed by atoms with E-state index in [2.05, 4.69) is 22.9 Å². The normalized spacial score (nSPS) is 12.9. The highest BCUT2D eigenvalue weighted by atomic mass is 79.9. The maximum atomic E-state index is 9.10. The highest BCUT2D eigenvalue weighted by Gasteiger charge is 2.12. The molecule has 0 heterocycles. The van der Waals surface area contributed by atoms with Gasteiger partial charge in [0.05, 0.1) is 12.7 Å². The predicted molar refractivity (Wildman–Crippen MR) is 65.1 cm³/mol. The number of ether oxygens (including phenoxy) is 1. The lowest BCUT2D eigenvalue weighted by Gasteiger charge is -2.17. The van der Waals surface area contributed by atoms with Gasteiger partial charge in [0, 0.05) is 16.0 Å². The molecule has 0 fully saturated rings. The topological polar surface area (TPSA) is 29.5 Å². The fourth-order valence-corrected chi connectivity index (χ4v) is 1.68. The van der Waals surface area contributed by atoms with E-state index in [9.17, 15) is 0 Å². The first-order chi connectivity index (χ1) is 7.04. The molecule has 0 aromatic heterocycles. The number of aliphatic hydroxyl groups is 1. The summed E-state index contributed by atoms with van der Waals surface area (Å²) in [5.41, 5.74) is 0.931. The van der Waals surface area contributed by atoms with Crippen LogP contribution in [0.4, 0.5) is 0 Å². The van der Waals surface area contributed by atoms with Gasteiger partial charge in [0.1, 0.15) is 5.75 Å². The SMILES string of the molecule is [CH2]C(CO)c1cc(Br)ccc1OC(C)C. The van der Waals surface area contributed by atoms with E-state index in [0.29, 0.717) is 0 Å². The smallest absolute Gasteiger partial charge is 0.123 e. The molecule has 0 aliphatic rings. The van der Waals surface area contributed by atoms with E-state index < -0.39 is 0 Å². The van der Waals surface area contributed by atoms with Gasteiger partial charge in [0.25, 0.3) is 0 Å². The van der Waals surface area contributed by atoms with Crippen LogP contribution in [0.1, 0.15) is 25.3 Å². The summed E-state index contributed by atoms with van der Waals surface area (Å²) >= 11 is 3.40. The van der Waals surface area contributed by atoms with Crippen molar-refractivity contribution in [1.82, 2.24) is 0 Å². The van der Waals surface area contributed by atoms with Gasteiger partial charge in [-0.2, -0.15) is 0 Å². The molecule has 1 rings (SSSR count). The molecule has 3 heteroatoms. The number of hydrogen-bond acceptors (Lipinski definition) is 2. The Bertz CT molecular complexity index is 323. The van der Waals surface area contributed by atoms with Crippen LogP contribution >= 0.6 is 15.9 Å². The number of halogens is 1. The van der Waals surface area contributed by atoms with Gasteiger partial charge in [-0.25, -0.2) is 0 Å². The highest BCUT2D eigenvalue weighted by molar-refractivity contribution is 9.10. The predicted octanol–water partition coefficient (Wildman–Crippen LogP) is 3.15. The Balaban J connectivity index is 3.02. The molecule has 0 aliphatic heterocycles. The van der Waals surface area contributed by atoms with Crippen molar-refractivity contribution in [3.63, 3.8) is 0 Å². The van der Waals surface area contributed by atoms with E-state index in [-0.39, 0.29) is 18.6 Å². The molecule has 0 aliphatic carbocycles. The van der Waals surface area contributed by atoms with Crippen LogP contribution in [0.5, 0.6) is 5.75 Å². The molecule has 0 saturated heterocycles. The average Bonchev–Trinajstić information content (AvgIpc) is 2.19. The third kappa shape index (κ3) is 3.50. The van der Waals surface area contributed by atoms with Crippen LogP contribution in [-0.4, -0.2) is 17.8 Å². The first-order valence-electron chi connectivity index (χ1n) is 4.94. The maximum absolute atomic E-state index is 9.10. The fourth-order valence-electron chi connectivity index (χ4n) is 1.30. The third-order valence-corrected chi connectivity index (χ3v) is 2.49. The van der Waals surface area contributed by atoms with Crippen LogP contribution in [0, 0.1) is 6.92 Å². The van der Waals surface area contributed by atoms with Gasteiger partial charge in [0.2, 0.25) is 0 Å². The van der Waals surface area contributed by atoms with Gasteiger partial charge in [-0.3, -0.25) is 0 Å². The van der Waals surface area contributed by atoms with E-state index in [1.165, 1.54) is 0 Å². The Morgan fingerprint density at radius 3 is 2.67 bits per heavy atom. The molecule has 1 radical (unpaired) electrons. The lowest BCUT2D eigenvalue weighted by atomic mass is 10.0. The molecule has 0 bridgehead atoms. The molecule has 1 unspecified atom stereocenters. The quantitative estimate of drug-likeness (QED) is 0.912. The van der Waals surface area contributed by atoms with Crippen molar-refractivity contribution >= 4 is 15.9 Å². The second kappa shape index (κ2) is 5.52. The molecular weight excluding hydrogens is 256 g/mol. The molecule has 83 valence electrons. The minimum Gasteiger partial charge on any atom is -0.491 e. The van der Waals surface area contributed by atoms with Crippen molar-refractivity contribution in [2.75, 3.05) is 6.61 Å². The summed E-state index contributed by atoms with van der Waals surface area (Å²) in [7, 11) is 0. The lowest BCUT2D eigenvalue weighted by molar-refractivity contribution is 0.233. The molecule has 1 N–H and O–H groups in total. The summed E-state index contributed by atoms with van der Waals surface area (Å²) < 4.78 is 6.62. The monoisotopic (exact) mass is 271 g/mol. The minimum absolute atomic E-state index is 0.0188. The van der Waals surface area contributed by atoms with Gasteiger partial charge in [-0.15, -0.1) is 0 Å². The molecular formula is C12H16BrO2. The van der Waals surface area contributed by atoms with Crippen LogP contribution in [0.2, 0.25) is 0 Å². The van der Waals surface area contributed by atoms with Crippen molar-refractivity contribution in [3.05, 3.63) is 35.2 Å². The molecule has 15 heavy (non-hydrogen) atoms. The summed E-state index contributed by atoms with van der Waals surface area (Å²) in [5.74, 6) is 0.637. The van der Waals surface area contributed by atoms with E-state index in [1.807, 2.05) is 32.0 Å². The first kappa shape index (κ1) is 12.5. The Hall–Kier alpha value is -0.540. The van der Waals surface area contributed by atoms with E-state index in [0.717, 1.165) is 15.8 Å². The van der Waals surface area contributed by atoms with Gasteiger partial charge in [0.15, 0.2) is 0 Å². The fraction of sp³-hybridized carbons (Fsp3) is 0.417. The van der Waals surface area contributed by atoms with Crippen LogP contribution in [-0.2, 0) is 0 Å². The highest BCUT2D eigenvalue weighted by Crippen LogP contribution is 2.30. The second-order valence-electron chi connectivity index (χ2n) is 3.73. The van der Waals surface area contributed by atoms with Gasteiger partial charge >= 0.3 is 0 Å². The first-order valence-corrected chi connectivity index (χ1v) is 5.74. The number of hydrogen-bond donors (Lipinski definition) is 1. The average molecular weight is 272 g/mol. The molecule has 2 nitrogen and oxygen atoms in total. The zero-order valence-corrected chi connectivity index (χ0v) is 10.6. The van der Waals surface area contributed by atoms with E-state index in [4.69, 9.17) is 9.84 Å².